The van der Waals surface area contributed by atoms with Gasteiger partial charge in [-0.25, -0.2) is 0 Å². The number of nitrogens with one attached hydrogen (secondary N) is 3. The van der Waals surface area contributed by atoms with Gasteiger partial charge in [-0.3, -0.25) is 0 Å². The second kappa shape index (κ2) is 7.03. The quantitative estimate of drug-likeness (QED) is 0.356. The maximum absolute atomic E-state index is 6.89. The van der Waals surface area contributed by atoms with Crippen LogP contribution in [0.15, 0.2) is 79.0 Å². The molecule has 2 aliphatic rings. The van der Waals surface area contributed by atoms with Crippen LogP contribution in [0, 0.1) is 0 Å². The fourth-order valence-corrected chi connectivity index (χ4v) is 5.19. The van der Waals surface area contributed by atoms with Gasteiger partial charge in [-0.15, -0.1) is 0 Å². The third kappa shape index (κ3) is 3.11. The lowest BCUT2D eigenvalue weighted by atomic mass is 9.84. The Balaban J connectivity index is 1.22. The molecule has 2 atom stereocenters. The Kier molecular flexibility index (Phi) is 4.15. The van der Waals surface area contributed by atoms with Crippen LogP contribution in [0.5, 0.6) is 0 Å². The molecule has 3 aromatic carbocycles. The standard InChI is InChI=1S/C27H26N4/c28-27(24-10-8-18-4-1-2-6-22(18)24)14-12-19-16-21(9-11-25(19)31-27)30-17-20-5-3-7-26-23(20)13-15-29-26/h1-7,9,11-16,24,29-31H,8,10,17,28H2/t24?,27-/m1/s1. The molecule has 4 aromatic rings. The van der Waals surface area contributed by atoms with E-state index >= 15 is 0 Å². The van der Waals surface area contributed by atoms with E-state index in [1.165, 1.54) is 27.6 Å². The van der Waals surface area contributed by atoms with Crippen molar-refractivity contribution in [3.8, 4) is 0 Å². The highest BCUT2D eigenvalue weighted by atomic mass is 15.1. The summed E-state index contributed by atoms with van der Waals surface area (Å²) >= 11 is 0. The van der Waals surface area contributed by atoms with Gasteiger partial charge in [0.2, 0.25) is 0 Å². The molecular formula is C27H26N4. The molecule has 0 bridgehead atoms. The summed E-state index contributed by atoms with van der Waals surface area (Å²) in [5.74, 6) is 0.285. The molecule has 0 saturated heterocycles. The molecule has 1 aromatic heterocycles. The molecule has 0 radical (unpaired) electrons. The Morgan fingerprint density at radius 3 is 2.94 bits per heavy atom. The minimum absolute atomic E-state index is 0.285. The summed E-state index contributed by atoms with van der Waals surface area (Å²) in [6.07, 6.45) is 8.48. The van der Waals surface area contributed by atoms with Gasteiger partial charge in [-0.2, -0.15) is 0 Å². The highest BCUT2D eigenvalue weighted by Gasteiger charge is 2.39. The zero-order chi connectivity index (χ0) is 20.8. The molecule has 0 spiro atoms. The molecule has 1 unspecified atom stereocenters. The number of H-pyrrole nitrogens is 1. The van der Waals surface area contributed by atoms with Crippen molar-refractivity contribution in [1.82, 2.24) is 4.98 Å². The lowest BCUT2D eigenvalue weighted by Crippen LogP contribution is -2.51. The molecule has 31 heavy (non-hydrogen) atoms. The van der Waals surface area contributed by atoms with Crippen molar-refractivity contribution in [3.05, 3.63) is 101 Å². The summed E-state index contributed by atoms with van der Waals surface area (Å²) in [5.41, 5.74) is 15.0. The van der Waals surface area contributed by atoms with Gasteiger partial charge >= 0.3 is 0 Å². The van der Waals surface area contributed by atoms with Crippen LogP contribution in [-0.4, -0.2) is 10.6 Å². The topological polar surface area (TPSA) is 65.9 Å². The smallest absolute Gasteiger partial charge is 0.112 e. The fraction of sp³-hybridized carbons (Fsp3) is 0.185. The van der Waals surface area contributed by atoms with Crippen molar-refractivity contribution >= 4 is 28.4 Å². The van der Waals surface area contributed by atoms with Crippen LogP contribution < -0.4 is 16.4 Å². The lowest BCUT2D eigenvalue weighted by Gasteiger charge is -2.38. The van der Waals surface area contributed by atoms with Gasteiger partial charge in [-0.05, 0) is 71.5 Å². The van der Waals surface area contributed by atoms with Crippen LogP contribution in [0.1, 0.15) is 34.6 Å². The number of benzene rings is 3. The van der Waals surface area contributed by atoms with Gasteiger partial charge in [-0.1, -0.05) is 42.5 Å². The minimum atomic E-state index is -0.557. The summed E-state index contributed by atoms with van der Waals surface area (Å²) < 4.78 is 0. The van der Waals surface area contributed by atoms with Crippen molar-refractivity contribution in [2.24, 2.45) is 5.73 Å². The van der Waals surface area contributed by atoms with Crippen LogP contribution in [0.4, 0.5) is 11.4 Å². The van der Waals surface area contributed by atoms with Crippen molar-refractivity contribution in [2.45, 2.75) is 31.0 Å². The second-order valence-corrected chi connectivity index (χ2v) is 8.69. The first kappa shape index (κ1) is 18.3. The maximum atomic E-state index is 6.89. The van der Waals surface area contributed by atoms with E-state index < -0.39 is 5.66 Å². The number of nitrogens with two attached hydrogens (primary N) is 1. The molecule has 5 N–H and O–H groups in total. The van der Waals surface area contributed by atoms with E-state index in [4.69, 9.17) is 5.73 Å². The molecule has 4 heteroatoms. The van der Waals surface area contributed by atoms with Gasteiger partial charge in [0.05, 0.1) is 0 Å². The Labute approximate surface area is 182 Å². The number of aryl methyl sites for hydroxylation is 1. The summed E-state index contributed by atoms with van der Waals surface area (Å²) in [6.45, 7) is 0.783. The summed E-state index contributed by atoms with van der Waals surface area (Å²) in [5, 5.41) is 8.48. The van der Waals surface area contributed by atoms with Gasteiger partial charge in [0.25, 0.3) is 0 Å². The fourth-order valence-electron chi connectivity index (χ4n) is 5.19. The first-order valence-corrected chi connectivity index (χ1v) is 11.0. The number of anilines is 2. The van der Waals surface area contributed by atoms with E-state index in [1.54, 1.807) is 0 Å². The van der Waals surface area contributed by atoms with Gasteiger partial charge in [0.15, 0.2) is 0 Å². The molecule has 6 rings (SSSR count). The number of rotatable bonds is 4. The molecule has 1 aliphatic heterocycles. The Bertz CT molecular complexity index is 1300. The zero-order valence-corrected chi connectivity index (χ0v) is 17.4. The molecule has 1 aliphatic carbocycles. The van der Waals surface area contributed by atoms with Crippen LogP contribution in [0.25, 0.3) is 17.0 Å². The lowest BCUT2D eigenvalue weighted by molar-refractivity contribution is 0.468. The number of aromatic nitrogens is 1. The highest BCUT2D eigenvalue weighted by molar-refractivity contribution is 5.83. The van der Waals surface area contributed by atoms with Gasteiger partial charge in [0.1, 0.15) is 5.66 Å². The molecule has 0 amide bonds. The van der Waals surface area contributed by atoms with Crippen LogP contribution in [0.2, 0.25) is 0 Å². The molecular weight excluding hydrogens is 380 g/mol. The summed E-state index contributed by atoms with van der Waals surface area (Å²) in [6, 6.07) is 23.7. The van der Waals surface area contributed by atoms with Crippen molar-refractivity contribution in [1.29, 1.82) is 0 Å². The SMILES string of the molecule is N[C@]1(C2CCc3ccccc32)C=Cc2cc(NCc3cccc4[nH]ccc34)ccc2N1. The average molecular weight is 407 g/mol. The predicted molar refractivity (Wildman–Crippen MR) is 129 cm³/mol. The summed E-state index contributed by atoms with van der Waals surface area (Å²) in [4.78, 5) is 3.28. The van der Waals surface area contributed by atoms with E-state index in [1.807, 2.05) is 6.20 Å². The Hall–Kier alpha value is -3.50. The Morgan fingerprint density at radius 2 is 1.97 bits per heavy atom. The van der Waals surface area contributed by atoms with E-state index in [0.29, 0.717) is 0 Å². The third-order valence-corrected chi connectivity index (χ3v) is 6.82. The average Bonchev–Trinajstić information content (AvgIpc) is 3.45. The number of aromatic amines is 1. The largest absolute Gasteiger partial charge is 0.381 e. The summed E-state index contributed by atoms with van der Waals surface area (Å²) in [7, 11) is 0. The van der Waals surface area contributed by atoms with Crippen molar-refractivity contribution < 1.29 is 0 Å². The molecule has 154 valence electrons. The van der Waals surface area contributed by atoms with Crippen LogP contribution >= 0.6 is 0 Å². The number of hydrogen-bond donors (Lipinski definition) is 4. The molecule has 4 nitrogen and oxygen atoms in total. The van der Waals surface area contributed by atoms with Crippen molar-refractivity contribution in [2.75, 3.05) is 10.6 Å². The van der Waals surface area contributed by atoms with E-state index in [-0.39, 0.29) is 5.92 Å². The normalized spacial score (nSPS) is 21.5. The zero-order valence-electron chi connectivity index (χ0n) is 17.4. The van der Waals surface area contributed by atoms with Gasteiger partial charge in [0, 0.05) is 40.9 Å². The van der Waals surface area contributed by atoms with E-state index in [0.717, 1.165) is 36.3 Å². The monoisotopic (exact) mass is 406 g/mol. The van der Waals surface area contributed by atoms with E-state index in [2.05, 4.69) is 94.5 Å². The van der Waals surface area contributed by atoms with Gasteiger partial charge < -0.3 is 21.4 Å². The predicted octanol–water partition coefficient (Wildman–Crippen LogP) is 5.60. The first-order valence-electron chi connectivity index (χ1n) is 11.0. The van der Waals surface area contributed by atoms with Crippen LogP contribution in [-0.2, 0) is 13.0 Å². The van der Waals surface area contributed by atoms with Crippen LogP contribution in [0.3, 0.4) is 0 Å². The molecule has 0 fully saturated rings. The number of hydrogen-bond acceptors (Lipinski definition) is 3. The molecule has 0 saturated carbocycles. The molecule has 2 heterocycles. The van der Waals surface area contributed by atoms with Crippen molar-refractivity contribution in [3.63, 3.8) is 0 Å². The highest BCUT2D eigenvalue weighted by Crippen LogP contribution is 2.43. The third-order valence-electron chi connectivity index (χ3n) is 6.82. The number of fused-ring (bicyclic) bond motifs is 3. The van der Waals surface area contributed by atoms with E-state index in [9.17, 15) is 0 Å². The maximum Gasteiger partial charge on any atom is 0.112 e. The second-order valence-electron chi connectivity index (χ2n) is 8.69. The first-order chi connectivity index (χ1) is 15.2. The minimum Gasteiger partial charge on any atom is -0.381 e. The Morgan fingerprint density at radius 1 is 1.03 bits per heavy atom.